The average molecular weight is 353 g/mol. The molecule has 0 amide bonds. The molecule has 0 aliphatic heterocycles. The molecule has 0 saturated carbocycles. The summed E-state index contributed by atoms with van der Waals surface area (Å²) in [4.78, 5) is 4.61. The fourth-order valence-corrected chi connectivity index (χ4v) is 2.89. The van der Waals surface area contributed by atoms with E-state index in [1.165, 1.54) is 6.07 Å². The molecule has 2 aromatic heterocycles. The Labute approximate surface area is 149 Å². The van der Waals surface area contributed by atoms with Crippen molar-refractivity contribution in [2.45, 2.75) is 0 Å². The molecule has 0 saturated heterocycles. The van der Waals surface area contributed by atoms with Crippen LogP contribution in [0.3, 0.4) is 0 Å². The Hall–Kier alpha value is -2.85. The predicted octanol–water partition coefficient (Wildman–Crippen LogP) is 5.47. The first-order valence-corrected chi connectivity index (χ1v) is 8.10. The Morgan fingerprint density at radius 3 is 2.48 bits per heavy atom. The van der Waals surface area contributed by atoms with E-state index in [1.807, 2.05) is 53.2 Å². The highest BCUT2D eigenvalue weighted by molar-refractivity contribution is 6.30. The largest absolute Gasteiger partial charge is 0.497 e. The smallest absolute Gasteiger partial charge is 0.137 e. The molecule has 0 spiro atoms. The van der Waals surface area contributed by atoms with E-state index < -0.39 is 0 Å². The van der Waals surface area contributed by atoms with Crippen molar-refractivity contribution in [1.82, 2.24) is 9.38 Å². The summed E-state index contributed by atoms with van der Waals surface area (Å²) >= 11 is 5.93. The Kier molecular flexibility index (Phi) is 3.90. The van der Waals surface area contributed by atoms with Gasteiger partial charge in [0.15, 0.2) is 0 Å². The van der Waals surface area contributed by atoms with Crippen molar-refractivity contribution in [1.29, 1.82) is 0 Å². The molecule has 0 fully saturated rings. The molecule has 0 unspecified atom stereocenters. The normalized spacial score (nSPS) is 11.0. The van der Waals surface area contributed by atoms with Gasteiger partial charge in [0.2, 0.25) is 0 Å². The van der Waals surface area contributed by atoms with Crippen molar-refractivity contribution >= 4 is 17.2 Å². The monoisotopic (exact) mass is 352 g/mol. The first kappa shape index (κ1) is 15.7. The highest BCUT2D eigenvalue weighted by Gasteiger charge is 2.10. The molecule has 0 radical (unpaired) electrons. The van der Waals surface area contributed by atoms with Crippen LogP contribution in [0.1, 0.15) is 0 Å². The summed E-state index contributed by atoms with van der Waals surface area (Å²) in [6, 6.07) is 15.9. The number of aromatic nitrogens is 2. The lowest BCUT2D eigenvalue weighted by Gasteiger charge is -2.07. The molecule has 0 bridgehead atoms. The van der Waals surface area contributed by atoms with Crippen LogP contribution in [0.2, 0.25) is 5.02 Å². The SMILES string of the molecule is COc1ccc(F)c(-c2ccc3nc(-c4ccc(Cl)cc4)cn3c2)c1. The summed E-state index contributed by atoms with van der Waals surface area (Å²) in [7, 11) is 1.56. The van der Waals surface area contributed by atoms with Gasteiger partial charge in [-0.3, -0.25) is 0 Å². The van der Waals surface area contributed by atoms with Gasteiger partial charge in [-0.15, -0.1) is 0 Å². The number of hydrogen-bond acceptors (Lipinski definition) is 2. The summed E-state index contributed by atoms with van der Waals surface area (Å²) in [6.07, 6.45) is 3.78. The van der Waals surface area contributed by atoms with Crippen molar-refractivity contribution in [2.24, 2.45) is 0 Å². The molecule has 124 valence electrons. The zero-order valence-electron chi connectivity index (χ0n) is 13.4. The van der Waals surface area contributed by atoms with Crippen molar-refractivity contribution in [3.05, 3.63) is 77.8 Å². The molecule has 2 aromatic carbocycles. The number of rotatable bonds is 3. The van der Waals surface area contributed by atoms with Crippen molar-refractivity contribution < 1.29 is 9.13 Å². The molecule has 4 rings (SSSR count). The van der Waals surface area contributed by atoms with Crippen LogP contribution in [-0.4, -0.2) is 16.5 Å². The van der Waals surface area contributed by atoms with Crippen LogP contribution in [0.4, 0.5) is 4.39 Å². The molecule has 0 atom stereocenters. The topological polar surface area (TPSA) is 26.5 Å². The number of ether oxygens (including phenoxy) is 1. The number of methoxy groups -OCH3 is 1. The van der Waals surface area contributed by atoms with Gasteiger partial charge in [-0.05, 0) is 42.5 Å². The van der Waals surface area contributed by atoms with Gasteiger partial charge in [0.1, 0.15) is 17.2 Å². The van der Waals surface area contributed by atoms with E-state index in [9.17, 15) is 4.39 Å². The number of benzene rings is 2. The standard InChI is InChI=1S/C20H14ClFN2O/c1-25-16-7-8-18(22)17(10-16)14-4-9-20-23-19(12-24(20)11-14)13-2-5-15(21)6-3-13/h2-12H,1H3. The van der Waals surface area contributed by atoms with E-state index in [0.717, 1.165) is 22.5 Å². The van der Waals surface area contributed by atoms with Gasteiger partial charge in [-0.2, -0.15) is 0 Å². The molecule has 0 aliphatic rings. The first-order chi connectivity index (χ1) is 12.1. The van der Waals surface area contributed by atoms with Crippen LogP contribution < -0.4 is 4.74 Å². The minimum absolute atomic E-state index is 0.293. The minimum atomic E-state index is -0.293. The first-order valence-electron chi connectivity index (χ1n) is 7.72. The third-order valence-corrected chi connectivity index (χ3v) is 4.33. The zero-order valence-corrected chi connectivity index (χ0v) is 14.2. The van der Waals surface area contributed by atoms with E-state index in [4.69, 9.17) is 16.3 Å². The van der Waals surface area contributed by atoms with Crippen molar-refractivity contribution in [2.75, 3.05) is 7.11 Å². The van der Waals surface area contributed by atoms with Crippen LogP contribution >= 0.6 is 11.6 Å². The van der Waals surface area contributed by atoms with E-state index in [-0.39, 0.29) is 5.82 Å². The van der Waals surface area contributed by atoms with Crippen LogP contribution in [0.25, 0.3) is 28.0 Å². The summed E-state index contributed by atoms with van der Waals surface area (Å²) in [6.45, 7) is 0. The Morgan fingerprint density at radius 2 is 1.72 bits per heavy atom. The summed E-state index contributed by atoms with van der Waals surface area (Å²) in [5.41, 5.74) is 3.84. The van der Waals surface area contributed by atoms with Gasteiger partial charge in [-0.1, -0.05) is 23.7 Å². The van der Waals surface area contributed by atoms with E-state index in [1.54, 1.807) is 19.2 Å². The molecule has 5 heteroatoms. The van der Waals surface area contributed by atoms with E-state index >= 15 is 0 Å². The summed E-state index contributed by atoms with van der Waals surface area (Å²) < 4.78 is 21.3. The Balaban J connectivity index is 1.79. The Bertz CT molecular complexity index is 1060. The lowest BCUT2D eigenvalue weighted by atomic mass is 10.1. The second-order valence-corrected chi connectivity index (χ2v) is 6.10. The van der Waals surface area contributed by atoms with Crippen LogP contribution in [-0.2, 0) is 0 Å². The number of nitrogens with zero attached hydrogens (tertiary/aromatic N) is 2. The fraction of sp³-hybridized carbons (Fsp3) is 0.0500. The van der Waals surface area contributed by atoms with Crippen molar-refractivity contribution in [3.8, 4) is 28.1 Å². The number of fused-ring (bicyclic) bond motifs is 1. The third-order valence-electron chi connectivity index (χ3n) is 4.08. The lowest BCUT2D eigenvalue weighted by Crippen LogP contribution is -1.90. The molecule has 0 aliphatic carbocycles. The summed E-state index contributed by atoms with van der Waals surface area (Å²) in [5, 5.41) is 0.684. The quantitative estimate of drug-likeness (QED) is 0.488. The van der Waals surface area contributed by atoms with Crippen LogP contribution in [0.5, 0.6) is 5.75 Å². The van der Waals surface area contributed by atoms with Gasteiger partial charge in [0.25, 0.3) is 0 Å². The van der Waals surface area contributed by atoms with Gasteiger partial charge in [0, 0.05) is 34.1 Å². The number of pyridine rings is 1. The fourth-order valence-electron chi connectivity index (χ4n) is 2.76. The van der Waals surface area contributed by atoms with E-state index in [0.29, 0.717) is 16.3 Å². The maximum absolute atomic E-state index is 14.2. The molecule has 3 nitrogen and oxygen atoms in total. The molecule has 0 N–H and O–H groups in total. The zero-order chi connectivity index (χ0) is 17.4. The van der Waals surface area contributed by atoms with Crippen molar-refractivity contribution in [3.63, 3.8) is 0 Å². The third kappa shape index (κ3) is 2.96. The average Bonchev–Trinajstić information content (AvgIpc) is 3.06. The molecule has 25 heavy (non-hydrogen) atoms. The van der Waals surface area contributed by atoms with E-state index in [2.05, 4.69) is 4.98 Å². The molecule has 4 aromatic rings. The molecular formula is C20H14ClFN2O. The lowest BCUT2D eigenvalue weighted by molar-refractivity contribution is 0.414. The molecule has 2 heterocycles. The molecular weight excluding hydrogens is 339 g/mol. The maximum Gasteiger partial charge on any atom is 0.137 e. The minimum Gasteiger partial charge on any atom is -0.497 e. The number of halogens is 2. The van der Waals surface area contributed by atoms with Gasteiger partial charge >= 0.3 is 0 Å². The maximum atomic E-state index is 14.2. The van der Waals surface area contributed by atoms with Gasteiger partial charge in [0.05, 0.1) is 12.8 Å². The highest BCUT2D eigenvalue weighted by atomic mass is 35.5. The highest BCUT2D eigenvalue weighted by Crippen LogP contribution is 2.28. The van der Waals surface area contributed by atoms with Crippen LogP contribution in [0.15, 0.2) is 67.0 Å². The van der Waals surface area contributed by atoms with Crippen LogP contribution in [0, 0.1) is 5.82 Å². The Morgan fingerprint density at radius 1 is 0.960 bits per heavy atom. The predicted molar refractivity (Wildman–Crippen MR) is 97.6 cm³/mol. The van der Waals surface area contributed by atoms with Gasteiger partial charge in [-0.25, -0.2) is 9.37 Å². The van der Waals surface area contributed by atoms with Gasteiger partial charge < -0.3 is 9.14 Å². The second kappa shape index (κ2) is 6.22. The number of imidazole rings is 1. The second-order valence-electron chi connectivity index (χ2n) is 5.66. The number of hydrogen-bond donors (Lipinski definition) is 0. The summed E-state index contributed by atoms with van der Waals surface area (Å²) in [5.74, 6) is 0.321.